The van der Waals surface area contributed by atoms with Crippen molar-refractivity contribution in [3.63, 3.8) is 0 Å². The molecule has 0 saturated carbocycles. The summed E-state index contributed by atoms with van der Waals surface area (Å²) in [5.41, 5.74) is 2.39. The van der Waals surface area contributed by atoms with Gasteiger partial charge in [0, 0.05) is 23.8 Å². The zero-order valence-corrected chi connectivity index (χ0v) is 15.3. The van der Waals surface area contributed by atoms with E-state index in [1.54, 1.807) is 12.1 Å². The van der Waals surface area contributed by atoms with E-state index in [0.29, 0.717) is 0 Å². The molecule has 0 aliphatic carbocycles. The molecule has 0 heterocycles. The number of rotatable bonds is 9. The molecule has 0 aliphatic rings. The zero-order chi connectivity index (χ0) is 17.4. The van der Waals surface area contributed by atoms with Crippen LogP contribution in [0.2, 0.25) is 5.02 Å². The quantitative estimate of drug-likeness (QED) is 0.646. The lowest BCUT2D eigenvalue weighted by Crippen LogP contribution is -3.06. The Labute approximate surface area is 149 Å². The summed E-state index contributed by atoms with van der Waals surface area (Å²) in [6.45, 7) is 3.42. The maximum absolute atomic E-state index is 13.2. The van der Waals surface area contributed by atoms with Gasteiger partial charge < -0.3 is 10.2 Å². The molecule has 0 fully saturated rings. The van der Waals surface area contributed by atoms with E-state index in [1.165, 1.54) is 23.4 Å². The third-order valence-corrected chi connectivity index (χ3v) is 4.54. The van der Waals surface area contributed by atoms with Crippen LogP contribution in [0.1, 0.15) is 29.9 Å². The van der Waals surface area contributed by atoms with Gasteiger partial charge in [0.2, 0.25) is 0 Å². The SMILES string of the molecule is C[NH+](C)CCC[NH2+]CC[C@H](c1ccc(F)cc1)c1ccc(Cl)cc1. The summed E-state index contributed by atoms with van der Waals surface area (Å²) in [6, 6.07) is 14.9. The largest absolute Gasteiger partial charge is 0.346 e. The highest BCUT2D eigenvalue weighted by Crippen LogP contribution is 2.28. The lowest BCUT2D eigenvalue weighted by atomic mass is 9.88. The summed E-state index contributed by atoms with van der Waals surface area (Å²) >= 11 is 6.01. The van der Waals surface area contributed by atoms with Gasteiger partial charge in [-0.2, -0.15) is 0 Å². The van der Waals surface area contributed by atoms with E-state index in [2.05, 4.69) is 31.5 Å². The molecule has 0 bridgehead atoms. The molecule has 0 spiro atoms. The predicted octanol–water partition coefficient (Wildman–Crippen LogP) is 2.10. The minimum atomic E-state index is -0.189. The number of hydrogen-bond acceptors (Lipinski definition) is 0. The van der Waals surface area contributed by atoms with Crippen molar-refractivity contribution in [2.75, 3.05) is 33.7 Å². The van der Waals surface area contributed by atoms with E-state index in [-0.39, 0.29) is 11.7 Å². The van der Waals surface area contributed by atoms with Gasteiger partial charge in [-0.3, -0.25) is 0 Å². The number of nitrogens with two attached hydrogens (primary N) is 1. The molecule has 2 aromatic rings. The highest BCUT2D eigenvalue weighted by atomic mass is 35.5. The van der Waals surface area contributed by atoms with Crippen LogP contribution in [0.4, 0.5) is 4.39 Å². The van der Waals surface area contributed by atoms with Crippen molar-refractivity contribution >= 4 is 11.6 Å². The highest BCUT2D eigenvalue weighted by molar-refractivity contribution is 6.30. The molecule has 2 nitrogen and oxygen atoms in total. The second kappa shape index (κ2) is 9.77. The summed E-state index contributed by atoms with van der Waals surface area (Å²) in [6.07, 6.45) is 2.26. The van der Waals surface area contributed by atoms with Gasteiger partial charge in [0.25, 0.3) is 0 Å². The molecule has 0 unspecified atom stereocenters. The fraction of sp³-hybridized carbons (Fsp3) is 0.400. The molecule has 3 N–H and O–H groups in total. The lowest BCUT2D eigenvalue weighted by Gasteiger charge is -2.18. The van der Waals surface area contributed by atoms with E-state index >= 15 is 0 Å². The minimum Gasteiger partial charge on any atom is -0.346 e. The van der Waals surface area contributed by atoms with Gasteiger partial charge in [-0.25, -0.2) is 4.39 Å². The fourth-order valence-corrected chi connectivity index (χ4v) is 3.07. The molecule has 0 saturated heterocycles. The van der Waals surface area contributed by atoms with Crippen LogP contribution in [-0.4, -0.2) is 33.7 Å². The lowest BCUT2D eigenvalue weighted by molar-refractivity contribution is -0.860. The maximum atomic E-state index is 13.2. The average Bonchev–Trinajstić information content (AvgIpc) is 2.56. The molecule has 0 aliphatic heterocycles. The molecule has 2 aromatic carbocycles. The Kier molecular flexibility index (Phi) is 7.70. The van der Waals surface area contributed by atoms with Crippen LogP contribution in [0.5, 0.6) is 0 Å². The van der Waals surface area contributed by atoms with Crippen molar-refractivity contribution in [3.8, 4) is 0 Å². The highest BCUT2D eigenvalue weighted by Gasteiger charge is 2.15. The second-order valence-corrected chi connectivity index (χ2v) is 7.06. The first-order chi connectivity index (χ1) is 11.6. The molecular formula is C20H28ClFN2+2. The van der Waals surface area contributed by atoms with Crippen molar-refractivity contribution in [3.05, 3.63) is 70.5 Å². The van der Waals surface area contributed by atoms with E-state index in [4.69, 9.17) is 11.6 Å². The van der Waals surface area contributed by atoms with Gasteiger partial charge in [-0.05, 0) is 35.4 Å². The number of hydrogen-bond donors (Lipinski definition) is 2. The fourth-order valence-electron chi connectivity index (χ4n) is 2.94. The van der Waals surface area contributed by atoms with Crippen molar-refractivity contribution in [2.45, 2.75) is 18.8 Å². The third kappa shape index (κ3) is 6.23. The molecule has 1 atom stereocenters. The molecular weight excluding hydrogens is 323 g/mol. The van der Waals surface area contributed by atoms with Gasteiger partial charge in [-0.15, -0.1) is 0 Å². The van der Waals surface area contributed by atoms with Crippen molar-refractivity contribution in [1.29, 1.82) is 0 Å². The number of nitrogens with one attached hydrogen (secondary N) is 1. The third-order valence-electron chi connectivity index (χ3n) is 4.29. The second-order valence-electron chi connectivity index (χ2n) is 6.62. The van der Waals surface area contributed by atoms with Crippen LogP contribution < -0.4 is 10.2 Å². The molecule has 0 amide bonds. The van der Waals surface area contributed by atoms with E-state index < -0.39 is 0 Å². The number of benzene rings is 2. The predicted molar refractivity (Wildman–Crippen MR) is 98.3 cm³/mol. The van der Waals surface area contributed by atoms with Crippen molar-refractivity contribution < 1.29 is 14.6 Å². The van der Waals surface area contributed by atoms with Crippen molar-refractivity contribution in [1.82, 2.24) is 0 Å². The summed E-state index contributed by atoms with van der Waals surface area (Å²) in [5, 5.41) is 3.13. The van der Waals surface area contributed by atoms with E-state index in [9.17, 15) is 4.39 Å². The van der Waals surface area contributed by atoms with Crippen LogP contribution in [0, 0.1) is 5.82 Å². The van der Waals surface area contributed by atoms with Gasteiger partial charge >= 0.3 is 0 Å². The molecule has 0 aromatic heterocycles. The molecule has 2 rings (SSSR count). The first kappa shape index (κ1) is 18.9. The van der Waals surface area contributed by atoms with Crippen LogP contribution in [-0.2, 0) is 0 Å². The molecule has 0 radical (unpaired) electrons. The Morgan fingerprint density at radius 2 is 1.54 bits per heavy atom. The Bertz CT molecular complexity index is 551. The topological polar surface area (TPSA) is 21.1 Å². The minimum absolute atomic E-state index is 0.189. The number of halogens is 2. The average molecular weight is 351 g/mol. The van der Waals surface area contributed by atoms with Crippen LogP contribution in [0.15, 0.2) is 48.5 Å². The zero-order valence-electron chi connectivity index (χ0n) is 14.6. The molecule has 4 heteroatoms. The smallest absolute Gasteiger partial charge is 0.123 e. The molecule has 24 heavy (non-hydrogen) atoms. The molecule has 130 valence electrons. The Morgan fingerprint density at radius 1 is 0.958 bits per heavy atom. The summed E-state index contributed by atoms with van der Waals surface area (Å²) in [4.78, 5) is 1.49. The van der Waals surface area contributed by atoms with Gasteiger partial charge in [0.1, 0.15) is 5.82 Å². The number of quaternary nitrogens is 2. The van der Waals surface area contributed by atoms with Gasteiger partial charge in [-0.1, -0.05) is 35.9 Å². The Hall–Kier alpha value is -1.42. The maximum Gasteiger partial charge on any atom is 0.123 e. The van der Waals surface area contributed by atoms with E-state index in [0.717, 1.165) is 30.1 Å². The first-order valence-electron chi connectivity index (χ1n) is 8.68. The summed E-state index contributed by atoms with van der Waals surface area (Å²) < 4.78 is 13.2. The standard InChI is InChI=1S/C20H26ClFN2/c1-24(2)15-3-13-23-14-12-20(16-4-8-18(21)9-5-16)17-6-10-19(22)11-7-17/h4-11,20,23H,3,12-15H2,1-2H3/p+2/t20-/m0/s1. The monoisotopic (exact) mass is 350 g/mol. The first-order valence-corrected chi connectivity index (χ1v) is 9.05. The van der Waals surface area contributed by atoms with Crippen LogP contribution >= 0.6 is 11.6 Å². The Morgan fingerprint density at radius 3 is 2.12 bits per heavy atom. The Balaban J connectivity index is 1.98. The normalized spacial score (nSPS) is 12.5. The van der Waals surface area contributed by atoms with Gasteiger partial charge in [0.05, 0.1) is 33.7 Å². The van der Waals surface area contributed by atoms with E-state index in [1.807, 2.05) is 24.3 Å². The van der Waals surface area contributed by atoms with Crippen LogP contribution in [0.3, 0.4) is 0 Å². The van der Waals surface area contributed by atoms with Gasteiger partial charge in [0.15, 0.2) is 0 Å². The summed E-state index contributed by atoms with van der Waals surface area (Å²) in [7, 11) is 4.37. The van der Waals surface area contributed by atoms with Crippen LogP contribution in [0.25, 0.3) is 0 Å². The van der Waals surface area contributed by atoms with Crippen molar-refractivity contribution in [2.24, 2.45) is 0 Å². The summed E-state index contributed by atoms with van der Waals surface area (Å²) in [5.74, 6) is 0.0879.